The van der Waals surface area contributed by atoms with Crippen molar-refractivity contribution in [1.29, 1.82) is 0 Å². The number of aromatic amines is 1. The maximum absolute atomic E-state index is 12.5. The molecule has 0 radical (unpaired) electrons. The summed E-state index contributed by atoms with van der Waals surface area (Å²) < 4.78 is 18.0. The number of aromatic nitrogens is 1. The van der Waals surface area contributed by atoms with E-state index in [4.69, 9.17) is 4.74 Å². The van der Waals surface area contributed by atoms with Crippen LogP contribution >= 0.6 is 0 Å². The molecule has 1 aliphatic heterocycles. The number of phenols is 1. The molecule has 0 saturated carbocycles. The lowest BCUT2D eigenvalue weighted by molar-refractivity contribution is 0.0954. The van der Waals surface area contributed by atoms with E-state index in [0.717, 1.165) is 55.1 Å². The largest absolute Gasteiger partial charge is 0.508 e. The number of carbonyl (C=O) groups is 1. The average molecular weight is 453 g/mol. The van der Waals surface area contributed by atoms with E-state index in [0.29, 0.717) is 12.2 Å². The van der Waals surface area contributed by atoms with E-state index in [2.05, 4.69) is 26.2 Å². The lowest BCUT2D eigenvalue weighted by Gasteiger charge is -2.36. The molecule has 0 aliphatic carbocycles. The third-order valence-corrected chi connectivity index (χ3v) is 5.67. The van der Waals surface area contributed by atoms with E-state index in [1.165, 1.54) is 0 Å². The number of rotatable bonds is 9. The molecule has 3 aromatic rings. The van der Waals surface area contributed by atoms with Gasteiger partial charge in [0.25, 0.3) is 5.91 Å². The number of ether oxygens (including phenoxy) is 1. The summed E-state index contributed by atoms with van der Waals surface area (Å²) >= 11 is 0. The van der Waals surface area contributed by atoms with Gasteiger partial charge in [-0.25, -0.2) is 4.39 Å². The fourth-order valence-corrected chi connectivity index (χ4v) is 3.96. The van der Waals surface area contributed by atoms with Gasteiger partial charge in [0.1, 0.15) is 30.5 Å². The summed E-state index contributed by atoms with van der Waals surface area (Å²) in [5, 5.41) is 13.2. The number of nitrogens with zero attached hydrogens (tertiary/aromatic N) is 2. The smallest absolute Gasteiger partial charge is 0.267 e. The lowest BCUT2D eigenvalue weighted by Crippen LogP contribution is -2.46. The number of carbonyl (C=O) groups excluding carboxylic acids is 1. The van der Waals surface area contributed by atoms with Gasteiger partial charge in [0, 0.05) is 50.2 Å². The maximum atomic E-state index is 12.5. The molecule has 0 unspecified atom stereocenters. The Bertz CT molecular complexity index is 1110. The molecule has 2 aromatic carbocycles. The molecule has 1 aliphatic rings. The Balaban J connectivity index is 1.20. The molecule has 4 rings (SSSR count). The second-order valence-electron chi connectivity index (χ2n) is 7.93. The van der Waals surface area contributed by atoms with Crippen molar-refractivity contribution < 1.29 is 19.0 Å². The highest BCUT2D eigenvalue weighted by Gasteiger charge is 2.19. The fourth-order valence-electron chi connectivity index (χ4n) is 3.96. The zero-order valence-electron chi connectivity index (χ0n) is 18.5. The molecule has 1 amide bonds. The quantitative estimate of drug-likeness (QED) is 0.434. The number of anilines is 1. The average Bonchev–Trinajstić information content (AvgIpc) is 3.26. The van der Waals surface area contributed by atoms with E-state index in [-0.39, 0.29) is 18.3 Å². The Morgan fingerprint density at radius 1 is 1.12 bits per heavy atom. The van der Waals surface area contributed by atoms with E-state index < -0.39 is 6.67 Å². The van der Waals surface area contributed by atoms with Gasteiger partial charge in [-0.2, -0.15) is 0 Å². The van der Waals surface area contributed by atoms with E-state index in [1.807, 2.05) is 30.3 Å². The highest BCUT2D eigenvalue weighted by molar-refractivity contribution is 5.98. The first kappa shape index (κ1) is 22.7. The number of H-pyrrole nitrogens is 1. The summed E-state index contributed by atoms with van der Waals surface area (Å²) in [6.45, 7) is 4.40. The summed E-state index contributed by atoms with van der Waals surface area (Å²) in [5.41, 5.74) is 2.29. The van der Waals surface area contributed by atoms with Crippen LogP contribution in [-0.4, -0.2) is 73.4 Å². The third-order valence-electron chi connectivity index (χ3n) is 5.67. The van der Waals surface area contributed by atoms with Crippen molar-refractivity contribution in [2.24, 2.45) is 0 Å². The maximum Gasteiger partial charge on any atom is 0.267 e. The van der Waals surface area contributed by atoms with Gasteiger partial charge in [0.2, 0.25) is 0 Å². The molecule has 174 valence electrons. The molecule has 8 heteroatoms. The van der Waals surface area contributed by atoms with Crippen molar-refractivity contribution in [2.45, 2.75) is 0 Å². The molecule has 33 heavy (non-hydrogen) atoms. The molecule has 0 spiro atoms. The second kappa shape index (κ2) is 10.9. The van der Waals surface area contributed by atoms with E-state index in [9.17, 15) is 14.3 Å². The van der Waals surface area contributed by atoms with Gasteiger partial charge in [-0.05, 0) is 36.4 Å². The van der Waals surface area contributed by atoms with Crippen LogP contribution in [0.15, 0.2) is 60.7 Å². The molecular weight excluding hydrogens is 423 g/mol. The van der Waals surface area contributed by atoms with Crippen LogP contribution in [0.25, 0.3) is 10.9 Å². The first-order valence-electron chi connectivity index (χ1n) is 11.1. The Morgan fingerprint density at radius 3 is 2.76 bits per heavy atom. The number of hydrogen-bond donors (Lipinski definition) is 3. The van der Waals surface area contributed by atoms with Gasteiger partial charge in [-0.3, -0.25) is 9.69 Å². The first-order chi connectivity index (χ1) is 16.1. The van der Waals surface area contributed by atoms with Crippen molar-refractivity contribution in [3.63, 3.8) is 0 Å². The zero-order valence-corrected chi connectivity index (χ0v) is 18.5. The molecule has 1 aromatic heterocycles. The van der Waals surface area contributed by atoms with Crippen molar-refractivity contribution in [2.75, 3.05) is 57.4 Å². The number of phenolic OH excluding ortho intramolecular Hbond substituents is 1. The number of piperazine rings is 1. The minimum atomic E-state index is -0.499. The van der Waals surface area contributed by atoms with Gasteiger partial charge in [-0.15, -0.1) is 0 Å². The molecule has 2 heterocycles. The van der Waals surface area contributed by atoms with Crippen LogP contribution in [0.5, 0.6) is 11.5 Å². The van der Waals surface area contributed by atoms with Crippen molar-refractivity contribution >= 4 is 22.5 Å². The van der Waals surface area contributed by atoms with Gasteiger partial charge in [0.15, 0.2) is 0 Å². The van der Waals surface area contributed by atoms with Crippen LogP contribution in [0.1, 0.15) is 10.5 Å². The lowest BCUT2D eigenvalue weighted by atomic mass is 10.2. The van der Waals surface area contributed by atoms with Crippen LogP contribution in [0.4, 0.5) is 10.1 Å². The third kappa shape index (κ3) is 5.84. The topological polar surface area (TPSA) is 80.8 Å². The van der Waals surface area contributed by atoms with Gasteiger partial charge in [0.05, 0.1) is 5.69 Å². The number of para-hydroxylation sites is 2. The molecule has 7 nitrogen and oxygen atoms in total. The van der Waals surface area contributed by atoms with Crippen molar-refractivity contribution in [1.82, 2.24) is 15.2 Å². The first-order valence-corrected chi connectivity index (χ1v) is 11.1. The monoisotopic (exact) mass is 452 g/mol. The van der Waals surface area contributed by atoms with Crippen LogP contribution in [0.2, 0.25) is 0 Å². The molecule has 1 saturated heterocycles. The van der Waals surface area contributed by atoms with Gasteiger partial charge >= 0.3 is 0 Å². The second-order valence-corrected chi connectivity index (χ2v) is 7.93. The standard InChI is InChI=1S/C25H29FN4O3/c26-9-16-33-24-6-2-1-5-23(24)30-14-12-29(13-15-30)11-4-3-10-27-25(32)22-18-19-17-20(31)7-8-21(19)28-22/h1-8,17-18,28,31H,9-16H2,(H,27,32)/b4-3+. The number of benzene rings is 2. The number of alkyl halides is 1. The van der Waals surface area contributed by atoms with Crippen molar-refractivity contribution in [3.8, 4) is 11.5 Å². The molecule has 1 fully saturated rings. The van der Waals surface area contributed by atoms with Crippen molar-refractivity contribution in [3.05, 3.63) is 66.4 Å². The van der Waals surface area contributed by atoms with E-state index >= 15 is 0 Å². The van der Waals surface area contributed by atoms with Gasteiger partial charge < -0.3 is 25.0 Å². The number of fused-ring (bicyclic) bond motifs is 1. The molecule has 0 bridgehead atoms. The minimum absolute atomic E-state index is 0.0716. The summed E-state index contributed by atoms with van der Waals surface area (Å²) in [7, 11) is 0. The Morgan fingerprint density at radius 2 is 1.94 bits per heavy atom. The van der Waals surface area contributed by atoms with Crippen LogP contribution in [0, 0.1) is 0 Å². The number of aromatic hydroxyl groups is 1. The Kier molecular flexibility index (Phi) is 7.47. The summed E-state index contributed by atoms with van der Waals surface area (Å²) in [6, 6.07) is 14.5. The molecule has 3 N–H and O–H groups in total. The SMILES string of the molecule is O=C(NC/C=C/CN1CCN(c2ccccc2OCCF)CC1)c1cc2cc(O)ccc2[nH]1. The van der Waals surface area contributed by atoms with Gasteiger partial charge in [-0.1, -0.05) is 24.3 Å². The Hall–Kier alpha value is -3.52. The predicted molar refractivity (Wildman–Crippen MR) is 128 cm³/mol. The van der Waals surface area contributed by atoms with Crippen LogP contribution in [-0.2, 0) is 0 Å². The zero-order chi connectivity index (χ0) is 23.0. The number of halogens is 1. The normalized spacial score (nSPS) is 14.8. The number of hydrogen-bond acceptors (Lipinski definition) is 5. The van der Waals surface area contributed by atoms with Crippen LogP contribution in [0.3, 0.4) is 0 Å². The minimum Gasteiger partial charge on any atom is -0.508 e. The van der Waals surface area contributed by atoms with Crippen LogP contribution < -0.4 is 15.0 Å². The summed E-state index contributed by atoms with van der Waals surface area (Å²) in [4.78, 5) is 20.0. The Labute approximate surface area is 192 Å². The summed E-state index contributed by atoms with van der Waals surface area (Å²) in [5.74, 6) is 0.718. The fraction of sp³-hybridized carbons (Fsp3) is 0.320. The number of amides is 1. The highest BCUT2D eigenvalue weighted by Crippen LogP contribution is 2.28. The summed E-state index contributed by atoms with van der Waals surface area (Å²) in [6.07, 6.45) is 4.02. The van der Waals surface area contributed by atoms with E-state index in [1.54, 1.807) is 24.3 Å². The number of nitrogens with one attached hydrogen (secondary N) is 2. The highest BCUT2D eigenvalue weighted by atomic mass is 19.1. The predicted octanol–water partition coefficient (Wildman–Crippen LogP) is 3.33. The molecular formula is C25H29FN4O3. The molecule has 0 atom stereocenters.